The van der Waals surface area contributed by atoms with Crippen molar-refractivity contribution in [1.29, 1.82) is 0 Å². The molecule has 172 valence electrons. The first kappa shape index (κ1) is 22.7. The van der Waals surface area contributed by atoms with Crippen LogP contribution in [-0.4, -0.2) is 70.0 Å². The van der Waals surface area contributed by atoms with Gasteiger partial charge in [0.25, 0.3) is 0 Å². The summed E-state index contributed by atoms with van der Waals surface area (Å²) in [7, 11) is 0. The van der Waals surface area contributed by atoms with Crippen molar-refractivity contribution >= 4 is 5.91 Å². The molecule has 2 aliphatic rings. The summed E-state index contributed by atoms with van der Waals surface area (Å²) in [6, 6.07) is 8.24. The summed E-state index contributed by atoms with van der Waals surface area (Å²) in [6.45, 7) is 1.99. The number of ether oxygens (including phenoxy) is 2. The molecule has 9 heteroatoms. The van der Waals surface area contributed by atoms with E-state index in [2.05, 4.69) is 20.2 Å². The highest BCUT2D eigenvalue weighted by molar-refractivity contribution is 5.76. The zero-order chi connectivity index (χ0) is 22.3. The Morgan fingerprint density at radius 2 is 2.06 bits per heavy atom. The maximum atomic E-state index is 13.3. The lowest BCUT2D eigenvalue weighted by molar-refractivity contribution is -0.158. The van der Waals surface area contributed by atoms with Crippen LogP contribution in [0.3, 0.4) is 0 Å². The molecule has 2 aromatic rings. The van der Waals surface area contributed by atoms with Crippen LogP contribution in [0.5, 0.6) is 0 Å². The Labute approximate surface area is 186 Å². The van der Waals surface area contributed by atoms with Crippen molar-refractivity contribution in [3.8, 4) is 0 Å². The average molecular weight is 445 g/mol. The number of carbonyl (C=O) groups excluding carboxylic acids is 1. The lowest BCUT2D eigenvalue weighted by Crippen LogP contribution is -2.55. The number of benzene rings is 1. The number of β-amino-alcohol motifs (C(OH)–C–C–N with tert-alkyl or cyclic N) is 1. The van der Waals surface area contributed by atoms with E-state index in [9.17, 15) is 14.3 Å². The van der Waals surface area contributed by atoms with Gasteiger partial charge < -0.3 is 19.9 Å². The summed E-state index contributed by atoms with van der Waals surface area (Å²) < 4.78 is 25.2. The van der Waals surface area contributed by atoms with Crippen molar-refractivity contribution in [1.82, 2.24) is 20.2 Å². The van der Waals surface area contributed by atoms with E-state index < -0.39 is 6.10 Å². The monoisotopic (exact) mass is 444 g/mol. The van der Waals surface area contributed by atoms with Gasteiger partial charge in [0.15, 0.2) is 0 Å². The summed E-state index contributed by atoms with van der Waals surface area (Å²) in [4.78, 5) is 22.6. The van der Waals surface area contributed by atoms with Crippen molar-refractivity contribution in [2.45, 2.75) is 56.7 Å². The molecule has 2 aliphatic heterocycles. The molecular formula is C23H29FN4O4. The number of halogens is 1. The number of aliphatic hydroxyl groups is 1. The molecular weight excluding hydrogens is 415 g/mol. The first-order valence-corrected chi connectivity index (χ1v) is 11.0. The van der Waals surface area contributed by atoms with Crippen molar-refractivity contribution in [2.75, 3.05) is 19.8 Å². The average Bonchev–Trinajstić information content (AvgIpc) is 2.79. The van der Waals surface area contributed by atoms with Crippen molar-refractivity contribution < 1.29 is 23.8 Å². The third-order valence-corrected chi connectivity index (χ3v) is 5.91. The summed E-state index contributed by atoms with van der Waals surface area (Å²) in [5, 5.41) is 13.2. The highest BCUT2D eigenvalue weighted by Crippen LogP contribution is 2.28. The fourth-order valence-electron chi connectivity index (χ4n) is 4.34. The van der Waals surface area contributed by atoms with Crippen LogP contribution in [0.1, 0.15) is 30.5 Å². The minimum Gasteiger partial charge on any atom is -0.389 e. The van der Waals surface area contributed by atoms with E-state index in [1.165, 1.54) is 18.5 Å². The van der Waals surface area contributed by atoms with Gasteiger partial charge in [-0.2, -0.15) is 0 Å². The molecule has 4 atom stereocenters. The van der Waals surface area contributed by atoms with Crippen molar-refractivity contribution in [3.63, 3.8) is 0 Å². The Hall–Kier alpha value is -2.46. The second-order valence-electron chi connectivity index (χ2n) is 8.37. The molecule has 0 saturated carbocycles. The molecule has 3 heterocycles. The van der Waals surface area contributed by atoms with Crippen molar-refractivity contribution in [2.24, 2.45) is 0 Å². The van der Waals surface area contributed by atoms with Crippen LogP contribution in [0, 0.1) is 5.82 Å². The standard InChI is InChI=1S/C23H29FN4O4/c24-17-3-1-16(2-4-17)11-28-12-19(29)13-31-14-22-21(28)6-5-20(32-22)9-23(30)26-10-18-7-8-25-15-27-18/h1-4,7-8,15,19-22,29H,5-6,9-14H2,(H,26,30)/t19-,20-,21-,22+/m1/s1. The molecule has 0 unspecified atom stereocenters. The number of aliphatic hydroxyl groups excluding tert-OH is 1. The molecule has 8 nitrogen and oxygen atoms in total. The van der Waals surface area contributed by atoms with E-state index in [0.717, 1.165) is 24.1 Å². The van der Waals surface area contributed by atoms with Gasteiger partial charge in [0.2, 0.25) is 5.91 Å². The third-order valence-electron chi connectivity index (χ3n) is 5.91. The highest BCUT2D eigenvalue weighted by atomic mass is 19.1. The Morgan fingerprint density at radius 1 is 1.22 bits per heavy atom. The maximum Gasteiger partial charge on any atom is 0.222 e. The number of nitrogens with one attached hydrogen (secondary N) is 1. The molecule has 2 N–H and O–H groups in total. The highest BCUT2D eigenvalue weighted by Gasteiger charge is 2.38. The molecule has 0 aliphatic carbocycles. The van der Waals surface area contributed by atoms with E-state index in [0.29, 0.717) is 26.2 Å². The van der Waals surface area contributed by atoms with Gasteiger partial charge in [-0.25, -0.2) is 14.4 Å². The number of nitrogens with zero attached hydrogens (tertiary/aromatic N) is 3. The summed E-state index contributed by atoms with van der Waals surface area (Å²) in [5.74, 6) is -0.355. The molecule has 0 spiro atoms. The van der Waals surface area contributed by atoms with E-state index in [1.54, 1.807) is 24.4 Å². The van der Waals surface area contributed by atoms with Crippen LogP contribution >= 0.6 is 0 Å². The van der Waals surface area contributed by atoms with E-state index >= 15 is 0 Å². The Balaban J connectivity index is 1.34. The molecule has 0 radical (unpaired) electrons. The number of fused-ring (bicyclic) bond motifs is 1. The molecule has 1 aromatic carbocycles. The van der Waals surface area contributed by atoms with Crippen molar-refractivity contribution in [3.05, 3.63) is 59.9 Å². The number of carbonyl (C=O) groups is 1. The van der Waals surface area contributed by atoms with Crippen LogP contribution in [-0.2, 0) is 27.4 Å². The molecule has 1 amide bonds. The zero-order valence-electron chi connectivity index (χ0n) is 17.9. The van der Waals surface area contributed by atoms with Crippen LogP contribution in [0.15, 0.2) is 42.9 Å². The smallest absolute Gasteiger partial charge is 0.222 e. The molecule has 2 fully saturated rings. The summed E-state index contributed by atoms with van der Waals surface area (Å²) >= 11 is 0. The van der Waals surface area contributed by atoms with Gasteiger partial charge in [-0.05, 0) is 36.6 Å². The van der Waals surface area contributed by atoms with Crippen LogP contribution < -0.4 is 5.32 Å². The van der Waals surface area contributed by atoms with Gasteiger partial charge in [-0.1, -0.05) is 12.1 Å². The van der Waals surface area contributed by atoms with Crippen LogP contribution in [0.25, 0.3) is 0 Å². The second kappa shape index (κ2) is 10.9. The summed E-state index contributed by atoms with van der Waals surface area (Å²) in [5.41, 5.74) is 1.73. The van der Waals surface area contributed by atoms with Gasteiger partial charge in [-0.15, -0.1) is 0 Å². The number of hydrogen-bond donors (Lipinski definition) is 2. The molecule has 32 heavy (non-hydrogen) atoms. The topological polar surface area (TPSA) is 96.8 Å². The van der Waals surface area contributed by atoms with E-state index in [1.807, 2.05) is 0 Å². The minimum absolute atomic E-state index is 0.0512. The predicted molar refractivity (Wildman–Crippen MR) is 114 cm³/mol. The fourth-order valence-corrected chi connectivity index (χ4v) is 4.34. The molecule has 0 bridgehead atoms. The van der Waals surface area contributed by atoms with Gasteiger partial charge in [-0.3, -0.25) is 9.69 Å². The van der Waals surface area contributed by atoms with E-state index in [4.69, 9.17) is 9.47 Å². The van der Waals surface area contributed by atoms with Gasteiger partial charge in [0.05, 0.1) is 50.2 Å². The Bertz CT molecular complexity index is 870. The number of aromatic nitrogens is 2. The predicted octanol–water partition coefficient (Wildman–Crippen LogP) is 1.43. The number of rotatable bonds is 6. The number of amides is 1. The zero-order valence-corrected chi connectivity index (χ0v) is 17.9. The van der Waals surface area contributed by atoms with Gasteiger partial charge >= 0.3 is 0 Å². The normalized spacial score (nSPS) is 26.6. The minimum atomic E-state index is -0.596. The molecule has 4 rings (SSSR count). The summed E-state index contributed by atoms with van der Waals surface area (Å²) in [6.07, 6.45) is 3.94. The first-order chi connectivity index (χ1) is 15.6. The SMILES string of the molecule is O=C(C[C@H]1CC[C@@H]2[C@H](COC[C@H](O)CN2Cc2ccc(F)cc2)O1)NCc1ccncn1. The lowest BCUT2D eigenvalue weighted by atomic mass is 9.94. The van der Waals surface area contributed by atoms with Crippen LogP contribution in [0.4, 0.5) is 4.39 Å². The first-order valence-electron chi connectivity index (χ1n) is 11.0. The largest absolute Gasteiger partial charge is 0.389 e. The number of hydrogen-bond acceptors (Lipinski definition) is 7. The quantitative estimate of drug-likeness (QED) is 0.696. The Kier molecular flexibility index (Phi) is 7.75. The lowest BCUT2D eigenvalue weighted by Gasteiger charge is -2.44. The second-order valence-corrected chi connectivity index (χ2v) is 8.37. The molecule has 1 aromatic heterocycles. The van der Waals surface area contributed by atoms with Gasteiger partial charge in [0, 0.05) is 25.3 Å². The maximum absolute atomic E-state index is 13.3. The Morgan fingerprint density at radius 3 is 2.84 bits per heavy atom. The molecule has 2 saturated heterocycles. The third kappa shape index (κ3) is 6.29. The van der Waals surface area contributed by atoms with Crippen LogP contribution in [0.2, 0.25) is 0 Å². The van der Waals surface area contributed by atoms with E-state index in [-0.39, 0.29) is 43.0 Å². The van der Waals surface area contributed by atoms with Gasteiger partial charge in [0.1, 0.15) is 12.1 Å². The fraction of sp³-hybridized carbons (Fsp3) is 0.522.